The van der Waals surface area contributed by atoms with Gasteiger partial charge in [-0.1, -0.05) is 0 Å². The van der Waals surface area contributed by atoms with Crippen molar-refractivity contribution in [3.8, 4) is 11.4 Å². The Bertz CT molecular complexity index is 918. The predicted molar refractivity (Wildman–Crippen MR) is 82.6 cm³/mol. The Balaban J connectivity index is 1.85. The SMILES string of the molecule is COc1cc(Nc2ncn(-c3cc(F)cc(F)c3)n2)ccc1C(F)(F)F. The van der Waals surface area contributed by atoms with Crippen molar-refractivity contribution < 1.29 is 26.7 Å². The summed E-state index contributed by atoms with van der Waals surface area (Å²) in [5, 5.41) is 6.68. The second-order valence-corrected chi connectivity index (χ2v) is 5.18. The molecule has 0 radical (unpaired) electrons. The molecule has 1 aromatic heterocycles. The van der Waals surface area contributed by atoms with Crippen LogP contribution in [0.5, 0.6) is 5.75 Å². The van der Waals surface area contributed by atoms with Crippen molar-refractivity contribution in [2.75, 3.05) is 12.4 Å². The van der Waals surface area contributed by atoms with Gasteiger partial charge >= 0.3 is 6.18 Å². The van der Waals surface area contributed by atoms with Gasteiger partial charge in [0.2, 0.25) is 5.95 Å². The number of methoxy groups -OCH3 is 1. The predicted octanol–water partition coefficient (Wildman–Crippen LogP) is 4.32. The van der Waals surface area contributed by atoms with E-state index in [4.69, 9.17) is 4.74 Å². The molecule has 136 valence electrons. The van der Waals surface area contributed by atoms with Gasteiger partial charge in [0, 0.05) is 17.8 Å². The van der Waals surface area contributed by atoms with Gasteiger partial charge in [0.1, 0.15) is 23.7 Å². The minimum atomic E-state index is -4.55. The second kappa shape index (κ2) is 6.62. The van der Waals surface area contributed by atoms with Gasteiger partial charge in [0.15, 0.2) is 0 Å². The highest BCUT2D eigenvalue weighted by atomic mass is 19.4. The van der Waals surface area contributed by atoms with Crippen molar-refractivity contribution in [3.63, 3.8) is 0 Å². The summed E-state index contributed by atoms with van der Waals surface area (Å²) in [6.07, 6.45) is -3.34. The zero-order valence-corrected chi connectivity index (χ0v) is 13.2. The van der Waals surface area contributed by atoms with Crippen LogP contribution < -0.4 is 10.1 Å². The number of nitrogens with zero attached hydrogens (tertiary/aromatic N) is 3. The molecule has 0 bridgehead atoms. The third-order valence-electron chi connectivity index (χ3n) is 3.37. The summed E-state index contributed by atoms with van der Waals surface area (Å²) >= 11 is 0. The molecule has 0 fully saturated rings. The van der Waals surface area contributed by atoms with E-state index in [1.54, 1.807) is 0 Å². The number of halogens is 5. The van der Waals surface area contributed by atoms with Crippen molar-refractivity contribution >= 4 is 11.6 Å². The lowest BCUT2D eigenvalue weighted by molar-refractivity contribution is -0.138. The molecule has 10 heteroatoms. The molecule has 2 aromatic carbocycles. The van der Waals surface area contributed by atoms with E-state index in [0.29, 0.717) is 6.07 Å². The highest BCUT2D eigenvalue weighted by molar-refractivity contribution is 5.58. The fourth-order valence-corrected chi connectivity index (χ4v) is 2.25. The number of benzene rings is 2. The highest BCUT2D eigenvalue weighted by Crippen LogP contribution is 2.37. The average Bonchev–Trinajstić information content (AvgIpc) is 3.01. The zero-order chi connectivity index (χ0) is 18.9. The number of aromatic nitrogens is 3. The fourth-order valence-electron chi connectivity index (χ4n) is 2.25. The van der Waals surface area contributed by atoms with Gasteiger partial charge in [-0.25, -0.2) is 13.5 Å². The van der Waals surface area contributed by atoms with Crippen molar-refractivity contribution in [2.45, 2.75) is 6.18 Å². The van der Waals surface area contributed by atoms with Gasteiger partial charge in [-0.3, -0.25) is 0 Å². The first-order valence-corrected chi connectivity index (χ1v) is 7.16. The Morgan fingerprint density at radius 1 is 1.04 bits per heavy atom. The van der Waals surface area contributed by atoms with Gasteiger partial charge in [-0.15, -0.1) is 5.10 Å². The maximum Gasteiger partial charge on any atom is 0.419 e. The molecular formula is C16H11F5N4O. The first kappa shape index (κ1) is 17.6. The minimum absolute atomic E-state index is 0.0245. The molecule has 3 rings (SSSR count). The monoisotopic (exact) mass is 370 g/mol. The molecule has 0 saturated carbocycles. The minimum Gasteiger partial charge on any atom is -0.496 e. The lowest BCUT2D eigenvalue weighted by Gasteiger charge is -2.13. The molecular weight excluding hydrogens is 359 g/mol. The summed E-state index contributed by atoms with van der Waals surface area (Å²) in [6, 6.07) is 6.03. The third-order valence-corrected chi connectivity index (χ3v) is 3.37. The van der Waals surface area contributed by atoms with Crippen molar-refractivity contribution in [3.05, 3.63) is 59.9 Å². The van der Waals surface area contributed by atoms with E-state index in [1.165, 1.54) is 12.4 Å². The molecule has 1 heterocycles. The standard InChI is InChI=1S/C16H11F5N4O/c1-26-14-7-11(2-3-13(14)16(19,20)21)23-15-22-8-25(24-15)12-5-9(17)4-10(18)6-12/h2-8H,1H3,(H,23,24). The summed E-state index contributed by atoms with van der Waals surface area (Å²) in [7, 11) is 1.12. The first-order chi connectivity index (χ1) is 12.3. The van der Waals surface area contributed by atoms with Crippen molar-refractivity contribution in [1.82, 2.24) is 14.8 Å². The van der Waals surface area contributed by atoms with Crippen molar-refractivity contribution in [2.24, 2.45) is 0 Å². The van der Waals surface area contributed by atoms with Crippen LogP contribution >= 0.6 is 0 Å². The lowest BCUT2D eigenvalue weighted by atomic mass is 10.1. The second-order valence-electron chi connectivity index (χ2n) is 5.18. The Kier molecular flexibility index (Phi) is 4.49. The maximum absolute atomic E-state index is 13.3. The number of hydrogen-bond donors (Lipinski definition) is 1. The smallest absolute Gasteiger partial charge is 0.419 e. The van der Waals surface area contributed by atoms with Crippen LogP contribution in [0.4, 0.5) is 33.6 Å². The van der Waals surface area contributed by atoms with E-state index < -0.39 is 23.4 Å². The fraction of sp³-hybridized carbons (Fsp3) is 0.125. The van der Waals surface area contributed by atoms with Crippen LogP contribution in [-0.2, 0) is 6.18 Å². The molecule has 0 saturated heterocycles. The van der Waals surface area contributed by atoms with Crippen LogP contribution in [0.15, 0.2) is 42.7 Å². The van der Waals surface area contributed by atoms with Crippen LogP contribution in [0.3, 0.4) is 0 Å². The lowest BCUT2D eigenvalue weighted by Crippen LogP contribution is -2.07. The van der Waals surface area contributed by atoms with E-state index >= 15 is 0 Å². The van der Waals surface area contributed by atoms with Gasteiger partial charge in [-0.05, 0) is 24.3 Å². The Hall–Kier alpha value is -3.17. The van der Waals surface area contributed by atoms with Gasteiger partial charge in [-0.2, -0.15) is 18.2 Å². The summed E-state index contributed by atoms with van der Waals surface area (Å²) in [4.78, 5) is 3.91. The molecule has 0 spiro atoms. The molecule has 0 unspecified atom stereocenters. The molecule has 0 aliphatic carbocycles. The molecule has 0 aliphatic rings. The number of ether oxygens (including phenoxy) is 1. The first-order valence-electron chi connectivity index (χ1n) is 7.16. The molecule has 0 atom stereocenters. The highest BCUT2D eigenvalue weighted by Gasteiger charge is 2.34. The third kappa shape index (κ3) is 3.73. The van der Waals surface area contributed by atoms with Crippen LogP contribution in [0, 0.1) is 11.6 Å². The number of hydrogen-bond acceptors (Lipinski definition) is 4. The van der Waals surface area contributed by atoms with E-state index in [1.807, 2.05) is 0 Å². The van der Waals surface area contributed by atoms with Crippen LogP contribution in [-0.4, -0.2) is 21.9 Å². The molecule has 26 heavy (non-hydrogen) atoms. The maximum atomic E-state index is 13.3. The molecule has 0 amide bonds. The molecule has 3 aromatic rings. The average molecular weight is 370 g/mol. The van der Waals surface area contributed by atoms with Gasteiger partial charge in [0.25, 0.3) is 0 Å². The molecule has 5 nitrogen and oxygen atoms in total. The summed E-state index contributed by atoms with van der Waals surface area (Å²) in [5.41, 5.74) is -0.564. The summed E-state index contributed by atoms with van der Waals surface area (Å²) < 4.78 is 71.0. The van der Waals surface area contributed by atoms with E-state index in [-0.39, 0.29) is 23.1 Å². The van der Waals surface area contributed by atoms with E-state index in [2.05, 4.69) is 15.4 Å². The summed E-state index contributed by atoms with van der Waals surface area (Å²) in [6.45, 7) is 0. The van der Waals surface area contributed by atoms with E-state index in [9.17, 15) is 22.0 Å². The number of nitrogens with one attached hydrogen (secondary N) is 1. The van der Waals surface area contributed by atoms with Gasteiger partial charge < -0.3 is 10.1 Å². The topological polar surface area (TPSA) is 52.0 Å². The van der Waals surface area contributed by atoms with Crippen LogP contribution in [0.25, 0.3) is 5.69 Å². The quantitative estimate of drug-likeness (QED) is 0.695. The zero-order valence-electron chi connectivity index (χ0n) is 13.2. The Labute approximate surface area is 144 Å². The van der Waals surface area contributed by atoms with Crippen LogP contribution in [0.2, 0.25) is 0 Å². The van der Waals surface area contributed by atoms with E-state index in [0.717, 1.165) is 36.1 Å². The molecule has 1 N–H and O–H groups in total. The van der Waals surface area contributed by atoms with Gasteiger partial charge in [0.05, 0.1) is 18.4 Å². The Morgan fingerprint density at radius 3 is 2.35 bits per heavy atom. The largest absolute Gasteiger partial charge is 0.496 e. The normalized spacial score (nSPS) is 11.5. The number of anilines is 2. The number of alkyl halides is 3. The molecule has 0 aliphatic heterocycles. The van der Waals surface area contributed by atoms with Crippen LogP contribution in [0.1, 0.15) is 5.56 Å². The van der Waals surface area contributed by atoms with Crippen molar-refractivity contribution in [1.29, 1.82) is 0 Å². The number of rotatable bonds is 4. The Morgan fingerprint density at radius 2 is 1.73 bits per heavy atom. The summed E-state index contributed by atoms with van der Waals surface area (Å²) in [5.74, 6) is -1.90.